The van der Waals surface area contributed by atoms with Crippen molar-refractivity contribution in [2.45, 2.75) is 25.3 Å². The number of hydrogen-bond acceptors (Lipinski definition) is 4. The Labute approximate surface area is 156 Å². The summed E-state index contributed by atoms with van der Waals surface area (Å²) in [4.78, 5) is 14.8. The summed E-state index contributed by atoms with van der Waals surface area (Å²) in [5.74, 6) is -0.677. The fourth-order valence-electron chi connectivity index (χ4n) is 3.67. The number of carbonyl (C=O) groups excluding carboxylic acids is 1. The molecule has 2 heterocycles. The molecule has 0 saturated carbocycles. The molecule has 2 aromatic carbocycles. The van der Waals surface area contributed by atoms with E-state index in [9.17, 15) is 9.18 Å². The molecule has 4 nitrogen and oxygen atoms in total. The van der Waals surface area contributed by atoms with E-state index in [-0.39, 0.29) is 11.0 Å². The zero-order valence-corrected chi connectivity index (χ0v) is 15.2. The van der Waals surface area contributed by atoms with E-state index < -0.39 is 11.7 Å². The molecule has 136 valence electrons. The fraction of sp³-hybridized carbons (Fsp3) is 0.350. The number of ether oxygens (including phenoxy) is 1. The van der Waals surface area contributed by atoms with Crippen LogP contribution in [-0.2, 0) is 11.2 Å². The summed E-state index contributed by atoms with van der Waals surface area (Å²) in [5.41, 5.74) is 2.62. The molecular weight excluding hydrogens is 355 g/mol. The lowest BCUT2D eigenvalue weighted by Gasteiger charge is -2.34. The summed E-state index contributed by atoms with van der Waals surface area (Å²) in [6, 6.07) is 10.5. The number of halogens is 2. The number of nitrogens with one attached hydrogen (secondary N) is 1. The predicted octanol–water partition coefficient (Wildman–Crippen LogP) is 3.52. The van der Waals surface area contributed by atoms with E-state index in [4.69, 9.17) is 16.3 Å². The highest BCUT2D eigenvalue weighted by molar-refractivity contribution is 6.31. The Balaban J connectivity index is 1.60. The number of rotatable bonds is 2. The first-order valence-corrected chi connectivity index (χ1v) is 9.17. The van der Waals surface area contributed by atoms with Crippen LogP contribution < -0.4 is 15.0 Å². The molecule has 6 heteroatoms. The van der Waals surface area contributed by atoms with Gasteiger partial charge in [0.15, 0.2) is 0 Å². The first kappa shape index (κ1) is 17.3. The molecular formula is C20H20ClFN2O2. The van der Waals surface area contributed by atoms with Gasteiger partial charge in [-0.3, -0.25) is 4.79 Å². The van der Waals surface area contributed by atoms with Gasteiger partial charge in [-0.05, 0) is 42.7 Å². The fourth-order valence-corrected chi connectivity index (χ4v) is 3.97. The molecule has 0 aliphatic carbocycles. The number of esters is 1. The van der Waals surface area contributed by atoms with E-state index in [2.05, 4.69) is 23.2 Å². The van der Waals surface area contributed by atoms with Gasteiger partial charge in [0.2, 0.25) is 0 Å². The molecule has 0 amide bonds. The van der Waals surface area contributed by atoms with Gasteiger partial charge in [-0.1, -0.05) is 23.7 Å². The summed E-state index contributed by atoms with van der Waals surface area (Å²) >= 11 is 6.14. The smallest absolute Gasteiger partial charge is 0.319 e. The van der Waals surface area contributed by atoms with Gasteiger partial charge in [0.25, 0.3) is 0 Å². The van der Waals surface area contributed by atoms with Crippen molar-refractivity contribution < 1.29 is 13.9 Å². The number of carbonyl (C=O) groups is 1. The minimum atomic E-state index is -0.513. The van der Waals surface area contributed by atoms with Crippen LogP contribution in [0, 0.1) is 5.82 Å². The number of hydrogen-bond donors (Lipinski definition) is 1. The van der Waals surface area contributed by atoms with E-state index in [0.717, 1.165) is 30.9 Å². The van der Waals surface area contributed by atoms with Crippen molar-refractivity contribution in [1.29, 1.82) is 0 Å². The maximum Gasteiger partial charge on any atom is 0.319 e. The Morgan fingerprint density at radius 1 is 1.27 bits per heavy atom. The molecule has 2 aromatic rings. The molecule has 1 saturated heterocycles. The Morgan fingerprint density at radius 3 is 2.88 bits per heavy atom. The molecule has 4 rings (SSSR count). The lowest BCUT2D eigenvalue weighted by Crippen LogP contribution is -2.49. The molecule has 0 radical (unpaired) electrons. The molecule has 2 atom stereocenters. The number of anilines is 1. The maximum atomic E-state index is 13.3. The molecule has 1 unspecified atom stereocenters. The summed E-state index contributed by atoms with van der Waals surface area (Å²) in [6.07, 6.45) is 0.498. The van der Waals surface area contributed by atoms with Crippen LogP contribution >= 0.6 is 11.6 Å². The summed E-state index contributed by atoms with van der Waals surface area (Å²) < 4.78 is 18.9. The zero-order valence-electron chi connectivity index (χ0n) is 14.5. The van der Waals surface area contributed by atoms with E-state index in [1.807, 2.05) is 12.1 Å². The highest BCUT2D eigenvalue weighted by Gasteiger charge is 2.32. The van der Waals surface area contributed by atoms with Crippen LogP contribution in [-0.4, -0.2) is 31.6 Å². The molecule has 0 spiro atoms. The Kier molecular flexibility index (Phi) is 4.59. The Morgan fingerprint density at radius 2 is 2.12 bits per heavy atom. The lowest BCUT2D eigenvalue weighted by atomic mass is 9.89. The molecule has 0 aromatic heterocycles. The SMILES string of the molecule is C[C@H]1CN(c2ccc3c(c2)OC(=O)C(c2ccc(F)cc2Cl)C3)CCN1. The van der Waals surface area contributed by atoms with Crippen molar-refractivity contribution in [2.24, 2.45) is 0 Å². The van der Waals surface area contributed by atoms with Crippen LogP contribution in [0.3, 0.4) is 0 Å². The number of benzene rings is 2. The van der Waals surface area contributed by atoms with Crippen molar-refractivity contribution in [1.82, 2.24) is 5.32 Å². The predicted molar refractivity (Wildman–Crippen MR) is 99.6 cm³/mol. The maximum absolute atomic E-state index is 13.3. The first-order chi connectivity index (χ1) is 12.5. The average Bonchev–Trinajstić information content (AvgIpc) is 2.61. The van der Waals surface area contributed by atoms with Gasteiger partial charge < -0.3 is 15.0 Å². The van der Waals surface area contributed by atoms with Gasteiger partial charge in [0, 0.05) is 42.5 Å². The third-order valence-electron chi connectivity index (χ3n) is 5.04. The topological polar surface area (TPSA) is 41.6 Å². The highest BCUT2D eigenvalue weighted by atomic mass is 35.5. The quantitative estimate of drug-likeness (QED) is 0.645. The van der Waals surface area contributed by atoms with E-state index in [1.165, 1.54) is 12.1 Å². The molecule has 26 heavy (non-hydrogen) atoms. The monoisotopic (exact) mass is 374 g/mol. The number of piperazine rings is 1. The summed E-state index contributed by atoms with van der Waals surface area (Å²) in [7, 11) is 0. The normalized spacial score (nSPS) is 22.7. The van der Waals surface area contributed by atoms with Crippen molar-refractivity contribution >= 4 is 23.3 Å². The third kappa shape index (κ3) is 3.29. The molecule has 1 N–H and O–H groups in total. The van der Waals surface area contributed by atoms with Crippen molar-refractivity contribution in [3.8, 4) is 5.75 Å². The minimum Gasteiger partial charge on any atom is -0.426 e. The van der Waals surface area contributed by atoms with Crippen LogP contribution in [0.1, 0.15) is 24.0 Å². The largest absolute Gasteiger partial charge is 0.426 e. The van der Waals surface area contributed by atoms with Crippen LogP contribution in [0.5, 0.6) is 5.75 Å². The highest BCUT2D eigenvalue weighted by Crippen LogP contribution is 2.38. The Bertz CT molecular complexity index is 858. The lowest BCUT2D eigenvalue weighted by molar-refractivity contribution is -0.137. The van der Waals surface area contributed by atoms with Crippen molar-refractivity contribution in [2.75, 3.05) is 24.5 Å². The van der Waals surface area contributed by atoms with Crippen LogP contribution in [0.2, 0.25) is 5.02 Å². The van der Waals surface area contributed by atoms with Crippen molar-refractivity contribution in [3.05, 3.63) is 58.4 Å². The van der Waals surface area contributed by atoms with Gasteiger partial charge in [0.05, 0.1) is 5.92 Å². The van der Waals surface area contributed by atoms with Crippen LogP contribution in [0.4, 0.5) is 10.1 Å². The molecule has 1 fully saturated rings. The second-order valence-electron chi connectivity index (χ2n) is 6.94. The third-order valence-corrected chi connectivity index (χ3v) is 5.37. The standard InChI is InChI=1S/C20H20ClFN2O2/c1-12-11-24(7-6-23-12)15-4-2-13-8-17(20(25)26-19(13)10-15)16-5-3-14(22)9-18(16)21/h2-5,9-10,12,17,23H,6-8,11H2,1H3/t12-,17?/m0/s1. The van der Waals surface area contributed by atoms with E-state index in [1.54, 1.807) is 6.07 Å². The summed E-state index contributed by atoms with van der Waals surface area (Å²) in [5, 5.41) is 3.67. The zero-order chi connectivity index (χ0) is 18.3. The van der Waals surface area contributed by atoms with Crippen LogP contribution in [0.25, 0.3) is 0 Å². The van der Waals surface area contributed by atoms with Gasteiger partial charge in [0.1, 0.15) is 11.6 Å². The number of nitrogens with zero attached hydrogens (tertiary/aromatic N) is 1. The van der Waals surface area contributed by atoms with Gasteiger partial charge >= 0.3 is 5.97 Å². The minimum absolute atomic E-state index is 0.252. The molecule has 2 aliphatic rings. The summed E-state index contributed by atoms with van der Waals surface area (Å²) in [6.45, 7) is 4.93. The van der Waals surface area contributed by atoms with Gasteiger partial charge in [-0.15, -0.1) is 0 Å². The van der Waals surface area contributed by atoms with Gasteiger partial charge in [-0.25, -0.2) is 4.39 Å². The van der Waals surface area contributed by atoms with E-state index in [0.29, 0.717) is 23.8 Å². The van der Waals surface area contributed by atoms with Crippen molar-refractivity contribution in [3.63, 3.8) is 0 Å². The van der Waals surface area contributed by atoms with Crippen LogP contribution in [0.15, 0.2) is 36.4 Å². The second-order valence-corrected chi connectivity index (χ2v) is 7.34. The van der Waals surface area contributed by atoms with E-state index >= 15 is 0 Å². The Hall–Kier alpha value is -2.11. The second kappa shape index (κ2) is 6.89. The number of fused-ring (bicyclic) bond motifs is 1. The molecule has 2 aliphatic heterocycles. The van der Waals surface area contributed by atoms with Gasteiger partial charge in [-0.2, -0.15) is 0 Å². The molecule has 0 bridgehead atoms. The first-order valence-electron chi connectivity index (χ1n) is 8.79. The average molecular weight is 375 g/mol.